The molecular formula is C22H32N2. The van der Waals surface area contributed by atoms with Gasteiger partial charge in [-0.15, -0.1) is 0 Å². The molecule has 0 spiro atoms. The third kappa shape index (κ3) is 3.75. The van der Waals surface area contributed by atoms with E-state index in [1.807, 2.05) is 0 Å². The second kappa shape index (κ2) is 6.88. The SMILES string of the molecule is CCc1c(NNc2cc(C(C)(C)C)cc(C)c2C)ccc(C)c1C. The molecule has 0 aliphatic rings. The number of rotatable bonds is 4. The first-order valence-corrected chi connectivity index (χ1v) is 8.88. The van der Waals surface area contributed by atoms with Gasteiger partial charge in [0.25, 0.3) is 0 Å². The van der Waals surface area contributed by atoms with E-state index in [4.69, 9.17) is 0 Å². The quantitative estimate of drug-likeness (QED) is 0.652. The molecule has 0 saturated heterocycles. The lowest BCUT2D eigenvalue weighted by molar-refractivity contribution is 0.590. The van der Waals surface area contributed by atoms with Gasteiger partial charge in [-0.1, -0.05) is 39.8 Å². The van der Waals surface area contributed by atoms with Gasteiger partial charge in [0.15, 0.2) is 0 Å². The molecule has 0 fully saturated rings. The van der Waals surface area contributed by atoms with Crippen molar-refractivity contribution in [1.29, 1.82) is 0 Å². The second-order valence-electron chi connectivity index (χ2n) is 7.85. The average Bonchev–Trinajstić information content (AvgIpc) is 2.50. The molecule has 0 amide bonds. The van der Waals surface area contributed by atoms with Crippen LogP contribution < -0.4 is 10.9 Å². The van der Waals surface area contributed by atoms with E-state index in [1.165, 1.54) is 39.1 Å². The van der Waals surface area contributed by atoms with E-state index in [1.54, 1.807) is 0 Å². The van der Waals surface area contributed by atoms with E-state index in [0.29, 0.717) is 0 Å². The van der Waals surface area contributed by atoms with Crippen LogP contribution in [0.1, 0.15) is 61.1 Å². The van der Waals surface area contributed by atoms with Gasteiger partial charge in [0.05, 0.1) is 11.4 Å². The van der Waals surface area contributed by atoms with Crippen LogP contribution in [0, 0.1) is 27.7 Å². The van der Waals surface area contributed by atoms with E-state index >= 15 is 0 Å². The fourth-order valence-corrected chi connectivity index (χ4v) is 3.00. The van der Waals surface area contributed by atoms with Crippen LogP contribution >= 0.6 is 0 Å². The third-order valence-electron chi connectivity index (χ3n) is 5.09. The zero-order chi connectivity index (χ0) is 18.1. The summed E-state index contributed by atoms with van der Waals surface area (Å²) in [7, 11) is 0. The van der Waals surface area contributed by atoms with Crippen molar-refractivity contribution in [3.63, 3.8) is 0 Å². The summed E-state index contributed by atoms with van der Waals surface area (Å²) >= 11 is 0. The molecule has 0 saturated carbocycles. The lowest BCUT2D eigenvalue weighted by Crippen LogP contribution is -2.16. The van der Waals surface area contributed by atoms with Gasteiger partial charge < -0.3 is 10.9 Å². The summed E-state index contributed by atoms with van der Waals surface area (Å²) in [6.45, 7) is 17.7. The molecule has 0 unspecified atom stereocenters. The molecular weight excluding hydrogens is 292 g/mol. The smallest absolute Gasteiger partial charge is 0.0574 e. The highest BCUT2D eigenvalue weighted by atomic mass is 15.4. The molecule has 0 radical (unpaired) electrons. The third-order valence-corrected chi connectivity index (χ3v) is 5.09. The van der Waals surface area contributed by atoms with Crippen molar-refractivity contribution >= 4 is 11.4 Å². The highest BCUT2D eigenvalue weighted by Gasteiger charge is 2.16. The Balaban J connectivity index is 2.33. The molecule has 2 aromatic rings. The van der Waals surface area contributed by atoms with Crippen LogP contribution in [0.3, 0.4) is 0 Å². The summed E-state index contributed by atoms with van der Waals surface area (Å²) in [4.78, 5) is 0. The fraction of sp³-hybridized carbons (Fsp3) is 0.455. The molecule has 0 aliphatic heterocycles. The number of hydrogen-bond acceptors (Lipinski definition) is 2. The van der Waals surface area contributed by atoms with Crippen LogP contribution in [0.2, 0.25) is 0 Å². The fourth-order valence-electron chi connectivity index (χ4n) is 3.00. The van der Waals surface area contributed by atoms with Crippen LogP contribution in [0.5, 0.6) is 0 Å². The van der Waals surface area contributed by atoms with Gasteiger partial charge in [0.2, 0.25) is 0 Å². The zero-order valence-corrected chi connectivity index (χ0v) is 16.5. The highest BCUT2D eigenvalue weighted by molar-refractivity contribution is 5.63. The van der Waals surface area contributed by atoms with Gasteiger partial charge in [-0.3, -0.25) is 0 Å². The lowest BCUT2D eigenvalue weighted by atomic mass is 9.85. The van der Waals surface area contributed by atoms with Gasteiger partial charge in [-0.2, -0.15) is 0 Å². The van der Waals surface area contributed by atoms with Gasteiger partial charge in [-0.25, -0.2) is 0 Å². The first-order chi connectivity index (χ1) is 11.1. The molecule has 2 rings (SSSR count). The van der Waals surface area contributed by atoms with Crippen LogP contribution in [0.25, 0.3) is 0 Å². The molecule has 0 aromatic heterocycles. The minimum Gasteiger partial charge on any atom is -0.301 e. The summed E-state index contributed by atoms with van der Waals surface area (Å²) in [6.07, 6.45) is 1.03. The van der Waals surface area contributed by atoms with Crippen LogP contribution in [-0.2, 0) is 11.8 Å². The molecule has 2 N–H and O–H groups in total. The van der Waals surface area contributed by atoms with Gasteiger partial charge in [0.1, 0.15) is 0 Å². The number of nitrogens with one attached hydrogen (secondary N) is 2. The van der Waals surface area contributed by atoms with E-state index in [9.17, 15) is 0 Å². The van der Waals surface area contributed by atoms with E-state index in [-0.39, 0.29) is 5.41 Å². The Morgan fingerprint density at radius 3 is 2.00 bits per heavy atom. The van der Waals surface area contributed by atoms with Crippen LogP contribution in [-0.4, -0.2) is 0 Å². The number of anilines is 2. The molecule has 2 nitrogen and oxygen atoms in total. The molecule has 0 atom stereocenters. The van der Waals surface area contributed by atoms with Crippen LogP contribution in [0.15, 0.2) is 24.3 Å². The van der Waals surface area contributed by atoms with Crippen molar-refractivity contribution < 1.29 is 0 Å². The Bertz CT molecular complexity index is 737. The second-order valence-corrected chi connectivity index (χ2v) is 7.85. The Morgan fingerprint density at radius 2 is 1.42 bits per heavy atom. The predicted molar refractivity (Wildman–Crippen MR) is 107 cm³/mol. The van der Waals surface area contributed by atoms with E-state index in [0.717, 1.165) is 12.1 Å². The molecule has 24 heavy (non-hydrogen) atoms. The number of hydrogen-bond donors (Lipinski definition) is 2. The summed E-state index contributed by atoms with van der Waals surface area (Å²) in [5.41, 5.74) is 17.4. The number of hydrazine groups is 1. The maximum absolute atomic E-state index is 3.45. The van der Waals surface area contributed by atoms with Crippen molar-refractivity contribution in [3.05, 3.63) is 57.6 Å². The Kier molecular flexibility index (Phi) is 5.27. The monoisotopic (exact) mass is 324 g/mol. The van der Waals surface area contributed by atoms with Crippen molar-refractivity contribution in [2.24, 2.45) is 0 Å². The van der Waals surface area contributed by atoms with Crippen LogP contribution in [0.4, 0.5) is 11.4 Å². The van der Waals surface area contributed by atoms with Gasteiger partial charge in [0, 0.05) is 0 Å². The summed E-state index contributed by atoms with van der Waals surface area (Å²) in [5.74, 6) is 0. The first-order valence-electron chi connectivity index (χ1n) is 8.88. The maximum Gasteiger partial charge on any atom is 0.0574 e. The Morgan fingerprint density at radius 1 is 0.792 bits per heavy atom. The van der Waals surface area contributed by atoms with Gasteiger partial charge >= 0.3 is 0 Å². The standard InChI is InChI=1S/C22H32N2/c1-9-19-16(4)14(2)10-11-20(19)23-24-21-13-18(22(6,7)8)12-15(3)17(21)5/h10-13,23-24H,9H2,1-8H3. The molecule has 130 valence electrons. The zero-order valence-electron chi connectivity index (χ0n) is 16.5. The largest absolute Gasteiger partial charge is 0.301 e. The lowest BCUT2D eigenvalue weighted by Gasteiger charge is -2.24. The minimum atomic E-state index is 0.143. The molecule has 0 aliphatic carbocycles. The molecule has 0 bridgehead atoms. The van der Waals surface area contributed by atoms with Crippen molar-refractivity contribution in [3.8, 4) is 0 Å². The molecule has 0 heterocycles. The Labute approximate surface area is 147 Å². The normalized spacial score (nSPS) is 11.5. The molecule has 2 heteroatoms. The van der Waals surface area contributed by atoms with Gasteiger partial charge in [-0.05, 0) is 85.0 Å². The Hall–Kier alpha value is -1.96. The molecule has 2 aromatic carbocycles. The van der Waals surface area contributed by atoms with E-state index < -0.39 is 0 Å². The average molecular weight is 325 g/mol. The van der Waals surface area contributed by atoms with E-state index in [2.05, 4.69) is 90.5 Å². The predicted octanol–water partition coefficient (Wildman–Crippen LogP) is 6.22. The summed E-state index contributed by atoms with van der Waals surface area (Å²) in [5, 5.41) is 0. The summed E-state index contributed by atoms with van der Waals surface area (Å²) < 4.78 is 0. The minimum absolute atomic E-state index is 0.143. The van der Waals surface area contributed by atoms with Crippen molar-refractivity contribution in [2.75, 3.05) is 10.9 Å². The summed E-state index contributed by atoms with van der Waals surface area (Å²) in [6, 6.07) is 8.92. The van der Waals surface area contributed by atoms with Crippen molar-refractivity contribution in [2.45, 2.75) is 67.2 Å². The number of aryl methyl sites for hydroxylation is 2. The highest BCUT2D eigenvalue weighted by Crippen LogP contribution is 2.30. The maximum atomic E-state index is 3.45. The number of benzene rings is 2. The first kappa shape index (κ1) is 18.4. The van der Waals surface area contributed by atoms with Crippen molar-refractivity contribution in [1.82, 2.24) is 0 Å². The topological polar surface area (TPSA) is 24.1 Å².